The molecule has 0 saturated heterocycles. The van der Waals surface area contributed by atoms with Crippen LogP contribution in [-0.2, 0) is 0 Å². The van der Waals surface area contributed by atoms with E-state index >= 15 is 0 Å². The average Bonchev–Trinajstić information content (AvgIpc) is 1.95. The molecule has 1 aromatic carbocycles. The Morgan fingerprint density at radius 2 is 2.20 bits per heavy atom. The van der Waals surface area contributed by atoms with Crippen LogP contribution in [0.5, 0.6) is 5.75 Å². The number of rotatable bonds is 1. The third kappa shape index (κ3) is 1.24. The number of phenols is 1. The van der Waals surface area contributed by atoms with Gasteiger partial charge in [0.15, 0.2) is 0 Å². The van der Waals surface area contributed by atoms with Crippen LogP contribution in [0, 0.1) is 6.42 Å². The average molecular weight is 156 g/mol. The number of hydrogen-bond donors (Lipinski definition) is 1. The van der Waals surface area contributed by atoms with Crippen molar-refractivity contribution in [2.24, 2.45) is 0 Å². The van der Waals surface area contributed by atoms with Crippen molar-refractivity contribution in [2.75, 3.05) is 0 Å². The molecular formula is C8H8ClO. The van der Waals surface area contributed by atoms with Crippen molar-refractivity contribution in [3.05, 3.63) is 35.2 Å². The third-order valence-corrected chi connectivity index (χ3v) is 1.73. The summed E-state index contributed by atoms with van der Waals surface area (Å²) in [4.78, 5) is 0. The topological polar surface area (TPSA) is 20.2 Å². The molecule has 1 radical (unpaired) electrons. The maximum Gasteiger partial charge on any atom is 0.134 e. The Bertz CT molecular complexity index is 233. The molecule has 0 aliphatic heterocycles. The van der Waals surface area contributed by atoms with E-state index in [-0.39, 0.29) is 5.75 Å². The maximum absolute atomic E-state index is 9.08. The summed E-state index contributed by atoms with van der Waals surface area (Å²) in [6, 6.07) is 5.17. The van der Waals surface area contributed by atoms with Gasteiger partial charge in [0, 0.05) is 0 Å². The van der Waals surface area contributed by atoms with Gasteiger partial charge in [0.2, 0.25) is 0 Å². The van der Waals surface area contributed by atoms with Crippen LogP contribution < -0.4 is 0 Å². The monoisotopic (exact) mass is 155 g/mol. The van der Waals surface area contributed by atoms with Gasteiger partial charge in [0.25, 0.3) is 0 Å². The molecule has 0 amide bonds. The first-order valence-corrected chi connectivity index (χ1v) is 3.40. The summed E-state index contributed by atoms with van der Waals surface area (Å²) in [5, 5.41) is 9.50. The molecule has 1 N–H and O–H groups in total. The Labute approximate surface area is 65.3 Å². The molecule has 0 unspecified atom stereocenters. The lowest BCUT2D eigenvalue weighted by atomic mass is 10.2. The minimum absolute atomic E-state index is 0.136. The second-order valence-electron chi connectivity index (χ2n) is 1.97. The molecule has 0 aromatic heterocycles. The molecule has 1 rings (SSSR count). The van der Waals surface area contributed by atoms with Crippen LogP contribution in [-0.4, -0.2) is 5.11 Å². The van der Waals surface area contributed by atoms with Gasteiger partial charge in [0.1, 0.15) is 5.75 Å². The van der Waals surface area contributed by atoms with E-state index in [1.165, 1.54) is 0 Å². The summed E-state index contributed by atoms with van der Waals surface area (Å²) >= 11 is 5.71. The van der Waals surface area contributed by atoms with Gasteiger partial charge in [-0.15, -0.1) is 0 Å². The van der Waals surface area contributed by atoms with E-state index in [0.29, 0.717) is 5.02 Å². The maximum atomic E-state index is 9.08. The lowest BCUT2D eigenvalue weighted by Crippen LogP contribution is -1.78. The molecule has 0 spiro atoms. The number of halogens is 1. The van der Waals surface area contributed by atoms with E-state index in [4.69, 9.17) is 16.7 Å². The van der Waals surface area contributed by atoms with E-state index in [2.05, 4.69) is 0 Å². The van der Waals surface area contributed by atoms with Gasteiger partial charge in [-0.3, -0.25) is 0 Å². The van der Waals surface area contributed by atoms with Crippen LogP contribution in [0.15, 0.2) is 18.2 Å². The fourth-order valence-corrected chi connectivity index (χ4v) is 0.995. The quantitative estimate of drug-likeness (QED) is 0.661. The first-order chi connectivity index (χ1) is 4.75. The fraction of sp³-hybridized carbons (Fsp3) is 0.125. The highest BCUT2D eigenvalue weighted by molar-refractivity contribution is 6.32. The van der Waals surface area contributed by atoms with E-state index in [9.17, 15) is 0 Å². The molecule has 0 bridgehead atoms. The van der Waals surface area contributed by atoms with E-state index < -0.39 is 0 Å². The van der Waals surface area contributed by atoms with E-state index in [0.717, 1.165) is 5.56 Å². The Morgan fingerprint density at radius 3 is 2.70 bits per heavy atom. The summed E-state index contributed by atoms with van der Waals surface area (Å²) < 4.78 is 0. The van der Waals surface area contributed by atoms with Crippen molar-refractivity contribution in [1.82, 2.24) is 0 Å². The second kappa shape index (κ2) is 2.93. The minimum Gasteiger partial charge on any atom is -0.506 e. The highest BCUT2D eigenvalue weighted by Crippen LogP contribution is 2.27. The molecule has 0 aliphatic carbocycles. The van der Waals surface area contributed by atoms with Crippen LogP contribution in [0.3, 0.4) is 0 Å². The summed E-state index contributed by atoms with van der Waals surface area (Å²) in [5.41, 5.74) is 0.863. The zero-order chi connectivity index (χ0) is 7.56. The predicted molar refractivity (Wildman–Crippen MR) is 42.2 cm³/mol. The van der Waals surface area contributed by atoms with Crippen LogP contribution in [0.25, 0.3) is 0 Å². The summed E-state index contributed by atoms with van der Waals surface area (Å²) in [5.74, 6) is 0.136. The van der Waals surface area contributed by atoms with Crippen molar-refractivity contribution in [1.29, 1.82) is 0 Å². The molecule has 0 aliphatic rings. The number of benzene rings is 1. The molecule has 1 aromatic rings. The van der Waals surface area contributed by atoms with Crippen LogP contribution in [0.1, 0.15) is 12.5 Å². The van der Waals surface area contributed by atoms with Gasteiger partial charge in [-0.2, -0.15) is 0 Å². The van der Waals surface area contributed by atoms with Gasteiger partial charge in [-0.25, -0.2) is 0 Å². The smallest absolute Gasteiger partial charge is 0.134 e. The highest BCUT2D eigenvalue weighted by atomic mass is 35.5. The summed E-state index contributed by atoms with van der Waals surface area (Å²) in [6.07, 6.45) is 1.85. The minimum atomic E-state index is 0.136. The molecule has 0 saturated carbocycles. The Morgan fingerprint density at radius 1 is 1.50 bits per heavy atom. The van der Waals surface area contributed by atoms with Crippen molar-refractivity contribution in [3.63, 3.8) is 0 Å². The molecule has 0 atom stereocenters. The molecule has 10 heavy (non-hydrogen) atoms. The number of aromatic hydroxyl groups is 1. The standard InChI is InChI=1S/C8H8ClO/c1-2-6-4-3-5-7(10)8(6)9/h2-5,10H,1H3. The van der Waals surface area contributed by atoms with Crippen molar-refractivity contribution >= 4 is 11.6 Å². The van der Waals surface area contributed by atoms with Crippen LogP contribution in [0.4, 0.5) is 0 Å². The van der Waals surface area contributed by atoms with Gasteiger partial charge < -0.3 is 5.11 Å². The largest absolute Gasteiger partial charge is 0.506 e. The van der Waals surface area contributed by atoms with Crippen molar-refractivity contribution < 1.29 is 5.11 Å². The van der Waals surface area contributed by atoms with Gasteiger partial charge in [0.05, 0.1) is 5.02 Å². The predicted octanol–water partition coefficient (Wildman–Crippen LogP) is 2.62. The Hall–Kier alpha value is -0.690. The zero-order valence-electron chi connectivity index (χ0n) is 5.63. The zero-order valence-corrected chi connectivity index (χ0v) is 6.39. The molecule has 2 heteroatoms. The highest BCUT2D eigenvalue weighted by Gasteiger charge is 2.00. The summed E-state index contributed by atoms with van der Waals surface area (Å²) in [6.45, 7) is 1.88. The van der Waals surface area contributed by atoms with Crippen molar-refractivity contribution in [2.45, 2.75) is 6.92 Å². The van der Waals surface area contributed by atoms with Crippen LogP contribution in [0.2, 0.25) is 5.02 Å². The van der Waals surface area contributed by atoms with E-state index in [1.807, 2.05) is 19.4 Å². The van der Waals surface area contributed by atoms with E-state index in [1.54, 1.807) is 12.1 Å². The van der Waals surface area contributed by atoms with Crippen molar-refractivity contribution in [3.8, 4) is 5.75 Å². The third-order valence-electron chi connectivity index (χ3n) is 1.32. The normalized spacial score (nSPS) is 9.80. The number of hydrogen-bond acceptors (Lipinski definition) is 1. The fourth-order valence-electron chi connectivity index (χ4n) is 0.760. The SMILES string of the molecule is C[CH]c1cccc(O)c1Cl. The molecule has 53 valence electrons. The lowest BCUT2D eigenvalue weighted by Gasteiger charge is -2.00. The molecule has 0 fully saturated rings. The lowest BCUT2D eigenvalue weighted by molar-refractivity contribution is 0.475. The van der Waals surface area contributed by atoms with Gasteiger partial charge in [-0.05, 0) is 18.1 Å². The Kier molecular flexibility index (Phi) is 2.17. The second-order valence-corrected chi connectivity index (χ2v) is 2.35. The Balaban J connectivity index is 3.14. The van der Waals surface area contributed by atoms with Gasteiger partial charge >= 0.3 is 0 Å². The summed E-state index contributed by atoms with van der Waals surface area (Å²) in [7, 11) is 0. The molecular weight excluding hydrogens is 148 g/mol. The first kappa shape index (κ1) is 7.42. The first-order valence-electron chi connectivity index (χ1n) is 3.02. The molecule has 1 nitrogen and oxygen atoms in total. The van der Waals surface area contributed by atoms with Gasteiger partial charge in [-0.1, -0.05) is 30.7 Å². The van der Waals surface area contributed by atoms with Crippen LogP contribution >= 0.6 is 11.6 Å². The number of phenolic OH excluding ortho intramolecular Hbond substituents is 1. The molecule has 0 heterocycles.